The van der Waals surface area contributed by atoms with Crippen molar-refractivity contribution >= 4 is 11.9 Å². The maximum Gasteiger partial charge on any atom is 0.310 e. The van der Waals surface area contributed by atoms with E-state index in [4.69, 9.17) is 15.9 Å². The third-order valence-electron chi connectivity index (χ3n) is 3.86. The Labute approximate surface area is 107 Å². The molecule has 1 saturated carbocycles. The molecule has 1 heterocycles. The van der Waals surface area contributed by atoms with Gasteiger partial charge in [-0.3, -0.25) is 9.59 Å². The quantitative estimate of drug-likeness (QED) is 0.433. The Morgan fingerprint density at radius 3 is 3.00 bits per heavy atom. The molecule has 18 heavy (non-hydrogen) atoms. The molecule has 4 atom stereocenters. The molecule has 98 valence electrons. The summed E-state index contributed by atoms with van der Waals surface area (Å²) in [5.41, 5.74) is -0.392. The highest BCUT2D eigenvalue weighted by molar-refractivity contribution is 5.84. The van der Waals surface area contributed by atoms with Crippen LogP contribution in [-0.2, 0) is 19.1 Å². The van der Waals surface area contributed by atoms with Crippen molar-refractivity contribution in [3.8, 4) is 12.3 Å². The smallest absolute Gasteiger partial charge is 0.310 e. The number of hydrogen-bond acceptors (Lipinski definition) is 4. The molecular weight excluding hydrogens is 232 g/mol. The number of rotatable bonds is 3. The van der Waals surface area contributed by atoms with Gasteiger partial charge in [-0.1, -0.05) is 6.92 Å². The lowest BCUT2D eigenvalue weighted by Crippen LogP contribution is -2.40. The van der Waals surface area contributed by atoms with E-state index in [1.165, 1.54) is 0 Å². The van der Waals surface area contributed by atoms with Gasteiger partial charge in [0.1, 0.15) is 12.2 Å². The summed E-state index contributed by atoms with van der Waals surface area (Å²) in [5.74, 6) is 1.20. The average molecular weight is 250 g/mol. The van der Waals surface area contributed by atoms with Crippen molar-refractivity contribution in [3.63, 3.8) is 0 Å². The van der Waals surface area contributed by atoms with E-state index in [0.717, 1.165) is 0 Å². The minimum absolute atomic E-state index is 0.0959. The standard InChI is InChI=1S/C14H18O4/c1-4-5-6-17-13(16)11-9(2)7-14(3)8-10(11)12(15)18-14/h1,9-11H,5-8H2,2-3H3/t9-,10-,11-,14+/m1/s1. The van der Waals surface area contributed by atoms with Crippen LogP contribution in [0.3, 0.4) is 0 Å². The molecule has 4 nitrogen and oxygen atoms in total. The van der Waals surface area contributed by atoms with Gasteiger partial charge in [0.05, 0.1) is 11.8 Å². The van der Waals surface area contributed by atoms with E-state index in [1.807, 2.05) is 13.8 Å². The fourth-order valence-corrected chi connectivity index (χ4v) is 3.22. The number of esters is 2. The lowest BCUT2D eigenvalue weighted by atomic mass is 9.69. The van der Waals surface area contributed by atoms with Gasteiger partial charge < -0.3 is 9.47 Å². The van der Waals surface area contributed by atoms with E-state index in [2.05, 4.69) is 5.92 Å². The van der Waals surface area contributed by atoms with Crippen molar-refractivity contribution in [3.05, 3.63) is 0 Å². The van der Waals surface area contributed by atoms with Crippen molar-refractivity contribution in [2.24, 2.45) is 17.8 Å². The third kappa shape index (κ3) is 2.22. The summed E-state index contributed by atoms with van der Waals surface area (Å²) < 4.78 is 10.5. The lowest BCUT2D eigenvalue weighted by Gasteiger charge is -2.34. The highest BCUT2D eigenvalue weighted by Crippen LogP contribution is 2.48. The first kappa shape index (κ1) is 12.9. The second-order valence-corrected chi connectivity index (χ2v) is 5.51. The Balaban J connectivity index is 2.06. The first-order valence-corrected chi connectivity index (χ1v) is 6.30. The third-order valence-corrected chi connectivity index (χ3v) is 3.86. The van der Waals surface area contributed by atoms with Crippen LogP contribution in [0.1, 0.15) is 33.1 Å². The van der Waals surface area contributed by atoms with Gasteiger partial charge in [-0.05, 0) is 19.3 Å². The predicted molar refractivity (Wildman–Crippen MR) is 64.3 cm³/mol. The van der Waals surface area contributed by atoms with Crippen LogP contribution in [0, 0.1) is 30.1 Å². The van der Waals surface area contributed by atoms with Crippen LogP contribution in [0.25, 0.3) is 0 Å². The normalized spacial score (nSPS) is 37.8. The number of terminal acetylenes is 1. The minimum Gasteiger partial charge on any atom is -0.464 e. The van der Waals surface area contributed by atoms with Gasteiger partial charge in [0.25, 0.3) is 0 Å². The lowest BCUT2D eigenvalue weighted by molar-refractivity contribution is -0.156. The zero-order valence-corrected chi connectivity index (χ0v) is 10.8. The summed E-state index contributed by atoms with van der Waals surface area (Å²) in [7, 11) is 0. The Kier molecular flexibility index (Phi) is 3.34. The van der Waals surface area contributed by atoms with Crippen LogP contribution in [0.4, 0.5) is 0 Å². The second-order valence-electron chi connectivity index (χ2n) is 5.51. The zero-order valence-electron chi connectivity index (χ0n) is 10.8. The van der Waals surface area contributed by atoms with Crippen molar-refractivity contribution in [1.29, 1.82) is 0 Å². The molecule has 0 unspecified atom stereocenters. The Bertz CT molecular complexity index is 409. The number of carbonyl (C=O) groups is 2. The first-order valence-electron chi connectivity index (χ1n) is 6.30. The summed E-state index contributed by atoms with van der Waals surface area (Å²) >= 11 is 0. The highest BCUT2D eigenvalue weighted by atomic mass is 16.6. The van der Waals surface area contributed by atoms with Crippen molar-refractivity contribution in [2.75, 3.05) is 6.61 Å². The summed E-state index contributed by atoms with van der Waals surface area (Å²) in [5, 5.41) is 0. The number of fused-ring (bicyclic) bond motifs is 2. The predicted octanol–water partition coefficient (Wildman–Crippen LogP) is 1.53. The van der Waals surface area contributed by atoms with E-state index < -0.39 is 5.60 Å². The van der Waals surface area contributed by atoms with Gasteiger partial charge >= 0.3 is 11.9 Å². The molecule has 2 fully saturated rings. The number of carbonyl (C=O) groups excluding carboxylic acids is 2. The van der Waals surface area contributed by atoms with E-state index in [0.29, 0.717) is 19.3 Å². The Hall–Kier alpha value is -1.50. The van der Waals surface area contributed by atoms with Crippen LogP contribution in [0.15, 0.2) is 0 Å². The summed E-state index contributed by atoms with van der Waals surface area (Å²) in [6.45, 7) is 4.12. The Morgan fingerprint density at radius 2 is 2.33 bits per heavy atom. The monoisotopic (exact) mass is 250 g/mol. The zero-order chi connectivity index (χ0) is 13.3. The van der Waals surface area contributed by atoms with Crippen molar-refractivity contribution < 1.29 is 19.1 Å². The van der Waals surface area contributed by atoms with Crippen LogP contribution in [0.5, 0.6) is 0 Å². The van der Waals surface area contributed by atoms with Gasteiger partial charge in [0.15, 0.2) is 0 Å². The van der Waals surface area contributed by atoms with Gasteiger partial charge in [-0.2, -0.15) is 0 Å². The summed E-state index contributed by atoms with van der Waals surface area (Å²) in [6.07, 6.45) is 6.84. The maximum absolute atomic E-state index is 12.0. The molecule has 0 radical (unpaired) electrons. The fraction of sp³-hybridized carbons (Fsp3) is 0.714. The highest BCUT2D eigenvalue weighted by Gasteiger charge is 2.56. The molecule has 2 bridgehead atoms. The molecule has 0 amide bonds. The number of hydrogen-bond donors (Lipinski definition) is 0. The maximum atomic E-state index is 12.0. The molecule has 0 aromatic rings. The molecule has 1 aliphatic carbocycles. The molecule has 0 N–H and O–H groups in total. The first-order chi connectivity index (χ1) is 8.47. The van der Waals surface area contributed by atoms with E-state index in [9.17, 15) is 9.59 Å². The van der Waals surface area contributed by atoms with Crippen molar-refractivity contribution in [2.45, 2.75) is 38.7 Å². The molecule has 0 aromatic heterocycles. The summed E-state index contributed by atoms with van der Waals surface area (Å²) in [4.78, 5) is 23.8. The topological polar surface area (TPSA) is 52.6 Å². The molecule has 0 spiro atoms. The molecule has 1 aliphatic heterocycles. The molecule has 0 aromatic carbocycles. The molecule has 4 heteroatoms. The minimum atomic E-state index is -0.392. The van der Waals surface area contributed by atoms with Gasteiger partial charge in [-0.15, -0.1) is 12.3 Å². The van der Waals surface area contributed by atoms with E-state index in [-0.39, 0.29) is 36.3 Å². The SMILES string of the molecule is C#CCCOC(=O)[C@@H]1[C@H](C)C[C@@]2(C)C[C@H]1C(=O)O2. The fourth-order valence-electron chi connectivity index (χ4n) is 3.22. The van der Waals surface area contributed by atoms with Gasteiger partial charge in [0.2, 0.25) is 0 Å². The second kappa shape index (κ2) is 4.64. The van der Waals surface area contributed by atoms with Crippen LogP contribution >= 0.6 is 0 Å². The van der Waals surface area contributed by atoms with Crippen LogP contribution in [0.2, 0.25) is 0 Å². The van der Waals surface area contributed by atoms with Gasteiger partial charge in [-0.25, -0.2) is 0 Å². The average Bonchev–Trinajstić information content (AvgIpc) is 2.50. The molecule has 2 aliphatic rings. The van der Waals surface area contributed by atoms with E-state index in [1.54, 1.807) is 0 Å². The molecule has 2 rings (SSSR count). The largest absolute Gasteiger partial charge is 0.464 e. The summed E-state index contributed by atoms with van der Waals surface area (Å²) in [6, 6.07) is 0. The molecule has 1 saturated heterocycles. The van der Waals surface area contributed by atoms with Crippen LogP contribution < -0.4 is 0 Å². The number of ether oxygens (including phenoxy) is 2. The molecular formula is C14H18O4. The van der Waals surface area contributed by atoms with E-state index >= 15 is 0 Å². The van der Waals surface area contributed by atoms with Crippen LogP contribution in [-0.4, -0.2) is 24.1 Å². The Morgan fingerprint density at radius 1 is 1.61 bits per heavy atom. The van der Waals surface area contributed by atoms with Gasteiger partial charge in [0, 0.05) is 12.8 Å². The van der Waals surface area contributed by atoms with Crippen molar-refractivity contribution in [1.82, 2.24) is 0 Å².